The van der Waals surface area contributed by atoms with Gasteiger partial charge in [-0.2, -0.15) is 0 Å². The quantitative estimate of drug-likeness (QED) is 0.803. The van der Waals surface area contributed by atoms with E-state index < -0.39 is 17.6 Å². The summed E-state index contributed by atoms with van der Waals surface area (Å²) in [7, 11) is 0. The number of pyridine rings is 1. The summed E-state index contributed by atoms with van der Waals surface area (Å²) in [6.07, 6.45) is 1.75. The number of aliphatic hydroxyl groups is 2. The molecule has 3 rings (SSSR count). The first kappa shape index (κ1) is 15.2. The highest BCUT2D eigenvalue weighted by Crippen LogP contribution is 2.47. The van der Waals surface area contributed by atoms with Gasteiger partial charge in [-0.15, -0.1) is 0 Å². The third-order valence-corrected chi connectivity index (χ3v) is 4.34. The third-order valence-electron chi connectivity index (χ3n) is 3.71. The van der Waals surface area contributed by atoms with E-state index in [0.29, 0.717) is 5.56 Å². The minimum absolute atomic E-state index is 0.194. The molecule has 2 atom stereocenters. The predicted molar refractivity (Wildman–Crippen MR) is 82.8 cm³/mol. The lowest BCUT2D eigenvalue weighted by Crippen LogP contribution is -2.36. The van der Waals surface area contributed by atoms with Crippen molar-refractivity contribution in [2.24, 2.45) is 0 Å². The van der Waals surface area contributed by atoms with Gasteiger partial charge < -0.3 is 15.5 Å². The number of nitrogens with zero attached hydrogens (tertiary/aromatic N) is 1. The van der Waals surface area contributed by atoms with Crippen molar-refractivity contribution in [1.82, 2.24) is 4.98 Å². The number of benzene rings is 1. The zero-order valence-corrected chi connectivity index (χ0v) is 12.8. The van der Waals surface area contributed by atoms with E-state index in [1.165, 1.54) is 24.5 Å². The van der Waals surface area contributed by atoms with E-state index >= 15 is 0 Å². The van der Waals surface area contributed by atoms with E-state index in [9.17, 15) is 15.0 Å². The Labute approximate surface area is 136 Å². The third kappa shape index (κ3) is 2.36. The van der Waals surface area contributed by atoms with Crippen molar-refractivity contribution in [3.8, 4) is 0 Å². The summed E-state index contributed by atoms with van der Waals surface area (Å²) in [5.74, 6) is -0.661. The summed E-state index contributed by atoms with van der Waals surface area (Å²) in [6.45, 7) is 0. The molecular formula is C15H12Cl2N2O3. The van der Waals surface area contributed by atoms with Crippen LogP contribution in [0, 0.1) is 0 Å². The number of carbonyl (C=O) groups excluding carboxylic acids is 1. The second-order valence-electron chi connectivity index (χ2n) is 5.09. The van der Waals surface area contributed by atoms with Gasteiger partial charge in [-0.25, -0.2) is 0 Å². The summed E-state index contributed by atoms with van der Waals surface area (Å²) in [5.41, 5.74) is -0.925. The Bertz CT molecular complexity index is 739. The number of aromatic nitrogens is 1. The van der Waals surface area contributed by atoms with Crippen LogP contribution in [0.25, 0.3) is 0 Å². The summed E-state index contributed by atoms with van der Waals surface area (Å²) >= 11 is 12.2. The molecule has 0 saturated heterocycles. The van der Waals surface area contributed by atoms with Crippen LogP contribution in [0.2, 0.25) is 10.0 Å². The Morgan fingerprint density at radius 1 is 1.18 bits per heavy atom. The smallest absolute Gasteiger partial charge is 0.261 e. The molecule has 1 unspecified atom stereocenters. The summed E-state index contributed by atoms with van der Waals surface area (Å²) in [6, 6.07) is 6.27. The van der Waals surface area contributed by atoms with Gasteiger partial charge >= 0.3 is 0 Å². The predicted octanol–water partition coefficient (Wildman–Crippen LogP) is 2.65. The van der Waals surface area contributed by atoms with Crippen LogP contribution in [-0.4, -0.2) is 21.1 Å². The molecule has 1 aromatic carbocycles. The zero-order chi connectivity index (χ0) is 15.9. The lowest BCUT2D eigenvalue weighted by molar-refractivity contribution is -0.137. The number of nitrogens with one attached hydrogen (secondary N) is 1. The maximum atomic E-state index is 12.2. The lowest BCUT2D eigenvalue weighted by Gasteiger charge is -2.25. The molecule has 0 bridgehead atoms. The van der Waals surface area contributed by atoms with Crippen LogP contribution in [0.4, 0.5) is 5.69 Å². The first-order chi connectivity index (χ1) is 10.4. The van der Waals surface area contributed by atoms with Gasteiger partial charge in [0, 0.05) is 29.4 Å². The lowest BCUT2D eigenvalue weighted by atomic mass is 9.87. The maximum Gasteiger partial charge on any atom is 0.261 e. The van der Waals surface area contributed by atoms with Crippen LogP contribution in [0.5, 0.6) is 0 Å². The topological polar surface area (TPSA) is 82.5 Å². The van der Waals surface area contributed by atoms with Crippen LogP contribution in [0.3, 0.4) is 0 Å². The minimum atomic E-state index is -1.94. The van der Waals surface area contributed by atoms with E-state index in [0.717, 1.165) is 0 Å². The largest absolute Gasteiger partial charge is 0.388 e. The highest BCUT2D eigenvalue weighted by atomic mass is 35.5. The molecule has 1 aromatic heterocycles. The van der Waals surface area contributed by atoms with E-state index in [1.807, 2.05) is 0 Å². The number of halogens is 2. The van der Waals surface area contributed by atoms with E-state index in [4.69, 9.17) is 23.2 Å². The molecule has 114 valence electrons. The van der Waals surface area contributed by atoms with E-state index in [-0.39, 0.29) is 27.7 Å². The molecule has 3 N–H and O–H groups in total. The molecule has 22 heavy (non-hydrogen) atoms. The summed E-state index contributed by atoms with van der Waals surface area (Å²) in [4.78, 5) is 16.1. The van der Waals surface area contributed by atoms with E-state index in [2.05, 4.69) is 10.3 Å². The average Bonchev–Trinajstić information content (AvgIpc) is 2.77. The number of carbonyl (C=O) groups is 1. The first-order valence-electron chi connectivity index (χ1n) is 6.54. The monoisotopic (exact) mass is 338 g/mol. The van der Waals surface area contributed by atoms with Gasteiger partial charge in [0.2, 0.25) is 0 Å². The number of rotatable bonds is 3. The normalized spacial score (nSPS) is 21.4. The molecule has 2 aromatic rings. The van der Waals surface area contributed by atoms with Gasteiger partial charge in [-0.3, -0.25) is 9.78 Å². The molecule has 7 heteroatoms. The Morgan fingerprint density at radius 2 is 1.82 bits per heavy atom. The fourth-order valence-corrected chi connectivity index (χ4v) is 3.11. The molecule has 2 heterocycles. The summed E-state index contributed by atoms with van der Waals surface area (Å²) < 4.78 is 0. The van der Waals surface area contributed by atoms with Crippen LogP contribution in [0.15, 0.2) is 36.7 Å². The van der Waals surface area contributed by atoms with Crippen LogP contribution >= 0.6 is 23.2 Å². The Balaban J connectivity index is 2.01. The van der Waals surface area contributed by atoms with Crippen LogP contribution in [-0.2, 0) is 10.4 Å². The molecule has 0 radical (unpaired) electrons. The molecule has 1 aliphatic rings. The van der Waals surface area contributed by atoms with Gasteiger partial charge in [-0.1, -0.05) is 23.2 Å². The number of fused-ring (bicyclic) bond motifs is 1. The zero-order valence-electron chi connectivity index (χ0n) is 11.3. The van der Waals surface area contributed by atoms with Crippen molar-refractivity contribution < 1.29 is 15.0 Å². The standard InChI is InChI=1S/C15H12Cl2N2O3/c16-9-1-2-10(17)13-12(9)15(22,14(21)19-13)7-11(20)8-3-5-18-6-4-8/h1-6,11,20,22H,7H2,(H,19,21)/t11?,15-/m0/s1. The van der Waals surface area contributed by atoms with E-state index in [1.54, 1.807) is 12.1 Å². The Hall–Kier alpha value is -1.66. The molecule has 0 spiro atoms. The number of aliphatic hydroxyl groups excluding tert-OH is 1. The molecule has 5 nitrogen and oxygen atoms in total. The Kier molecular flexibility index (Phi) is 3.82. The van der Waals surface area contributed by atoms with Gasteiger partial charge in [0.15, 0.2) is 5.60 Å². The average molecular weight is 339 g/mol. The molecule has 0 fully saturated rings. The summed E-state index contributed by atoms with van der Waals surface area (Å²) in [5, 5.41) is 24.1. The second kappa shape index (κ2) is 5.52. The molecule has 1 aliphatic heterocycles. The number of anilines is 1. The SMILES string of the molecule is O=C1Nc2c(Cl)ccc(Cl)c2[C@@]1(O)CC(O)c1ccncc1. The molecule has 0 saturated carbocycles. The van der Waals surface area contributed by atoms with Crippen molar-refractivity contribution >= 4 is 34.8 Å². The van der Waals surface area contributed by atoms with Crippen LogP contribution < -0.4 is 5.32 Å². The van der Waals surface area contributed by atoms with Gasteiger partial charge in [0.05, 0.1) is 16.8 Å². The molecule has 0 aliphatic carbocycles. The van der Waals surface area contributed by atoms with Crippen molar-refractivity contribution in [2.45, 2.75) is 18.1 Å². The Morgan fingerprint density at radius 3 is 2.50 bits per heavy atom. The number of hydrogen-bond acceptors (Lipinski definition) is 4. The maximum absolute atomic E-state index is 12.2. The van der Waals surface area contributed by atoms with Gasteiger partial charge in [-0.05, 0) is 29.8 Å². The van der Waals surface area contributed by atoms with Crippen LogP contribution in [0.1, 0.15) is 23.7 Å². The van der Waals surface area contributed by atoms with Crippen molar-refractivity contribution in [1.29, 1.82) is 0 Å². The van der Waals surface area contributed by atoms with Crippen molar-refractivity contribution in [3.05, 3.63) is 57.8 Å². The second-order valence-corrected chi connectivity index (χ2v) is 5.91. The molecule has 1 amide bonds. The number of amides is 1. The van der Waals surface area contributed by atoms with Gasteiger partial charge in [0.1, 0.15) is 0 Å². The minimum Gasteiger partial charge on any atom is -0.388 e. The molecular weight excluding hydrogens is 327 g/mol. The first-order valence-corrected chi connectivity index (χ1v) is 7.29. The highest BCUT2D eigenvalue weighted by molar-refractivity contribution is 6.38. The fraction of sp³-hybridized carbons (Fsp3) is 0.200. The highest BCUT2D eigenvalue weighted by Gasteiger charge is 2.48. The van der Waals surface area contributed by atoms with Crippen molar-refractivity contribution in [2.75, 3.05) is 5.32 Å². The van der Waals surface area contributed by atoms with Gasteiger partial charge in [0.25, 0.3) is 5.91 Å². The fourth-order valence-electron chi connectivity index (χ4n) is 2.59. The number of hydrogen-bond donors (Lipinski definition) is 3. The van der Waals surface area contributed by atoms with Crippen molar-refractivity contribution in [3.63, 3.8) is 0 Å².